The number of likely N-dealkylation sites (N-methyl/N-ethyl adjacent to an activating group) is 1. The zero-order valence-corrected chi connectivity index (χ0v) is 9.19. The molecule has 0 aliphatic carbocycles. The third-order valence-corrected chi connectivity index (χ3v) is 1.68. The van der Waals surface area contributed by atoms with Crippen LogP contribution in [0.3, 0.4) is 0 Å². The smallest absolute Gasteiger partial charge is 0.320 e. The van der Waals surface area contributed by atoms with E-state index in [9.17, 15) is 4.79 Å². The van der Waals surface area contributed by atoms with Crippen molar-refractivity contribution in [2.45, 2.75) is 20.4 Å². The maximum atomic E-state index is 11.1. The second kappa shape index (κ2) is 5.45. The Morgan fingerprint density at radius 1 is 1.60 bits per heavy atom. The van der Waals surface area contributed by atoms with Crippen molar-refractivity contribution in [3.63, 3.8) is 0 Å². The molecule has 1 heterocycles. The molecule has 0 spiro atoms. The zero-order chi connectivity index (χ0) is 11.3. The van der Waals surface area contributed by atoms with Gasteiger partial charge in [-0.1, -0.05) is 5.16 Å². The topological polar surface area (TPSA) is 68.5 Å². The van der Waals surface area contributed by atoms with Crippen LogP contribution in [0.25, 0.3) is 0 Å². The summed E-state index contributed by atoms with van der Waals surface area (Å²) < 4.78 is 9.73. The van der Waals surface area contributed by atoms with Crippen LogP contribution in [0.2, 0.25) is 0 Å². The molecule has 1 aromatic rings. The van der Waals surface area contributed by atoms with E-state index in [0.29, 0.717) is 24.9 Å². The van der Waals surface area contributed by atoms with Crippen molar-refractivity contribution in [3.8, 4) is 0 Å². The summed E-state index contributed by atoms with van der Waals surface area (Å²) in [6, 6.07) is 0. The third-order valence-electron chi connectivity index (χ3n) is 1.68. The normalized spacial score (nSPS) is 10.7. The molecule has 6 nitrogen and oxygen atoms in total. The lowest BCUT2D eigenvalue weighted by atomic mass is 10.5. The Bertz CT molecular complexity index is 324. The van der Waals surface area contributed by atoms with Gasteiger partial charge in [0.05, 0.1) is 19.7 Å². The van der Waals surface area contributed by atoms with Crippen molar-refractivity contribution in [2.75, 3.05) is 20.2 Å². The molecule has 1 rings (SSSR count). The second-order valence-electron chi connectivity index (χ2n) is 3.21. The van der Waals surface area contributed by atoms with Crippen LogP contribution in [0.15, 0.2) is 4.52 Å². The van der Waals surface area contributed by atoms with Crippen molar-refractivity contribution in [1.82, 2.24) is 15.0 Å². The number of esters is 1. The molecule has 1 aromatic heterocycles. The number of aryl methyl sites for hydroxylation is 1. The number of nitrogens with zero attached hydrogens (tertiary/aromatic N) is 3. The largest absolute Gasteiger partial charge is 0.465 e. The SMILES string of the molecule is CCOC(=O)CN(C)Cc1nc(C)no1. The summed E-state index contributed by atoms with van der Waals surface area (Å²) in [5, 5.41) is 3.66. The maximum absolute atomic E-state index is 11.1. The Morgan fingerprint density at radius 3 is 2.87 bits per heavy atom. The van der Waals surface area contributed by atoms with Crippen LogP contribution in [0, 0.1) is 6.92 Å². The first-order valence-electron chi connectivity index (χ1n) is 4.75. The number of hydrogen-bond donors (Lipinski definition) is 0. The van der Waals surface area contributed by atoms with Gasteiger partial charge in [-0.3, -0.25) is 9.69 Å². The molecule has 0 fully saturated rings. The van der Waals surface area contributed by atoms with E-state index in [-0.39, 0.29) is 12.5 Å². The number of aromatic nitrogens is 2. The van der Waals surface area contributed by atoms with Gasteiger partial charge in [0.25, 0.3) is 0 Å². The third kappa shape index (κ3) is 4.07. The van der Waals surface area contributed by atoms with Gasteiger partial charge in [-0.2, -0.15) is 4.98 Å². The van der Waals surface area contributed by atoms with E-state index in [4.69, 9.17) is 9.26 Å². The van der Waals surface area contributed by atoms with Gasteiger partial charge in [0, 0.05) is 0 Å². The van der Waals surface area contributed by atoms with Gasteiger partial charge in [-0.05, 0) is 20.9 Å². The average molecular weight is 213 g/mol. The first-order valence-corrected chi connectivity index (χ1v) is 4.75. The number of hydrogen-bond acceptors (Lipinski definition) is 6. The molecule has 15 heavy (non-hydrogen) atoms. The van der Waals surface area contributed by atoms with Gasteiger partial charge in [0.2, 0.25) is 5.89 Å². The highest BCUT2D eigenvalue weighted by molar-refractivity contribution is 5.71. The Kier molecular flexibility index (Phi) is 4.23. The highest BCUT2D eigenvalue weighted by Gasteiger charge is 2.10. The summed E-state index contributed by atoms with van der Waals surface area (Å²) >= 11 is 0. The van der Waals surface area contributed by atoms with E-state index in [0.717, 1.165) is 0 Å². The summed E-state index contributed by atoms with van der Waals surface area (Å²) in [5.41, 5.74) is 0. The lowest BCUT2D eigenvalue weighted by molar-refractivity contribution is -0.144. The standard InChI is InChI=1S/C9H15N3O3/c1-4-14-9(13)6-12(3)5-8-10-7(2)11-15-8/h4-6H2,1-3H3. The quantitative estimate of drug-likeness (QED) is 0.658. The molecular weight excluding hydrogens is 198 g/mol. The van der Waals surface area contributed by atoms with Crippen LogP contribution in [0.5, 0.6) is 0 Å². The van der Waals surface area contributed by atoms with E-state index in [2.05, 4.69) is 10.1 Å². The molecule has 6 heteroatoms. The molecule has 0 bridgehead atoms. The highest BCUT2D eigenvalue weighted by Crippen LogP contribution is 2.00. The van der Waals surface area contributed by atoms with E-state index >= 15 is 0 Å². The fourth-order valence-electron chi connectivity index (χ4n) is 1.12. The molecule has 0 amide bonds. The van der Waals surface area contributed by atoms with E-state index in [1.165, 1.54) is 0 Å². The van der Waals surface area contributed by atoms with Crippen molar-refractivity contribution >= 4 is 5.97 Å². The minimum atomic E-state index is -0.253. The van der Waals surface area contributed by atoms with Crippen LogP contribution in [-0.4, -0.2) is 41.2 Å². The molecule has 84 valence electrons. The minimum absolute atomic E-state index is 0.218. The molecule has 0 saturated heterocycles. The van der Waals surface area contributed by atoms with Crippen LogP contribution in [0.4, 0.5) is 0 Å². The van der Waals surface area contributed by atoms with Gasteiger partial charge in [0.15, 0.2) is 5.82 Å². The van der Waals surface area contributed by atoms with Crippen molar-refractivity contribution in [1.29, 1.82) is 0 Å². The predicted octanol–water partition coefficient (Wildman–Crippen LogP) is 0.373. The maximum Gasteiger partial charge on any atom is 0.320 e. The molecule has 0 atom stereocenters. The Labute approximate surface area is 88.2 Å². The number of rotatable bonds is 5. The predicted molar refractivity (Wildman–Crippen MR) is 52.0 cm³/mol. The Hall–Kier alpha value is -1.43. The molecule has 0 aromatic carbocycles. The van der Waals surface area contributed by atoms with E-state index < -0.39 is 0 Å². The van der Waals surface area contributed by atoms with Gasteiger partial charge in [0.1, 0.15) is 0 Å². The molecule has 0 radical (unpaired) electrons. The lowest BCUT2D eigenvalue weighted by Crippen LogP contribution is -2.27. The lowest BCUT2D eigenvalue weighted by Gasteiger charge is -2.12. The molecular formula is C9H15N3O3. The van der Waals surface area contributed by atoms with Crippen molar-refractivity contribution < 1.29 is 14.1 Å². The Balaban J connectivity index is 2.35. The summed E-state index contributed by atoms with van der Waals surface area (Å²) in [5.74, 6) is 0.838. The fourth-order valence-corrected chi connectivity index (χ4v) is 1.12. The molecule has 0 aliphatic rings. The van der Waals surface area contributed by atoms with Crippen LogP contribution in [0.1, 0.15) is 18.6 Å². The first kappa shape index (κ1) is 11.6. The van der Waals surface area contributed by atoms with Crippen LogP contribution < -0.4 is 0 Å². The first-order chi connectivity index (χ1) is 7.11. The van der Waals surface area contributed by atoms with Crippen LogP contribution in [-0.2, 0) is 16.1 Å². The summed E-state index contributed by atoms with van der Waals surface area (Å²) in [6.45, 7) is 4.58. The number of ether oxygens (including phenoxy) is 1. The second-order valence-corrected chi connectivity index (χ2v) is 3.21. The van der Waals surface area contributed by atoms with Gasteiger partial charge in [-0.15, -0.1) is 0 Å². The zero-order valence-electron chi connectivity index (χ0n) is 9.19. The summed E-state index contributed by atoms with van der Waals surface area (Å²) in [7, 11) is 1.79. The van der Waals surface area contributed by atoms with Gasteiger partial charge in [-0.25, -0.2) is 0 Å². The molecule has 0 N–H and O–H groups in total. The fraction of sp³-hybridized carbons (Fsp3) is 0.667. The van der Waals surface area contributed by atoms with Gasteiger partial charge >= 0.3 is 5.97 Å². The molecule has 0 saturated carbocycles. The average Bonchev–Trinajstić information content (AvgIpc) is 2.51. The van der Waals surface area contributed by atoms with E-state index in [1.54, 1.807) is 25.8 Å². The van der Waals surface area contributed by atoms with Gasteiger partial charge < -0.3 is 9.26 Å². The Morgan fingerprint density at radius 2 is 2.33 bits per heavy atom. The highest BCUT2D eigenvalue weighted by atomic mass is 16.5. The monoisotopic (exact) mass is 213 g/mol. The van der Waals surface area contributed by atoms with Crippen molar-refractivity contribution in [3.05, 3.63) is 11.7 Å². The number of carbonyl (C=O) groups is 1. The summed E-state index contributed by atoms with van der Waals surface area (Å²) in [6.07, 6.45) is 0. The molecule has 0 unspecified atom stereocenters. The van der Waals surface area contributed by atoms with Crippen molar-refractivity contribution in [2.24, 2.45) is 0 Å². The van der Waals surface area contributed by atoms with E-state index in [1.807, 2.05) is 0 Å². The molecule has 0 aliphatic heterocycles. The van der Waals surface area contributed by atoms with Crippen LogP contribution >= 0.6 is 0 Å². The minimum Gasteiger partial charge on any atom is -0.465 e. The summed E-state index contributed by atoms with van der Waals surface area (Å²) in [4.78, 5) is 16.9. The number of carbonyl (C=O) groups excluding carboxylic acids is 1.